The van der Waals surface area contributed by atoms with Crippen LogP contribution in [0.5, 0.6) is 5.75 Å². The van der Waals surface area contributed by atoms with E-state index in [1.807, 2.05) is 6.07 Å². The normalized spacial score (nSPS) is 10.4. The molecule has 122 valence electrons. The number of ether oxygens (including phenoxy) is 1. The molecule has 0 aliphatic carbocycles. The summed E-state index contributed by atoms with van der Waals surface area (Å²) in [5.41, 5.74) is 1.31. The first-order valence-corrected chi connectivity index (χ1v) is 7.37. The van der Waals surface area contributed by atoms with Gasteiger partial charge in [0.15, 0.2) is 11.6 Å². The Labute approximate surface area is 137 Å². The summed E-state index contributed by atoms with van der Waals surface area (Å²) < 4.78 is 20.7. The lowest BCUT2D eigenvalue weighted by molar-refractivity contribution is 0.102. The van der Waals surface area contributed by atoms with E-state index in [0.29, 0.717) is 11.4 Å². The highest BCUT2D eigenvalue weighted by Crippen LogP contribution is 2.25. The molecular weight excluding hydrogens is 311 g/mol. The maximum atomic E-state index is 13.9. The van der Waals surface area contributed by atoms with Gasteiger partial charge in [0.05, 0.1) is 23.5 Å². The summed E-state index contributed by atoms with van der Waals surface area (Å²) in [6, 6.07) is 11.4. The highest BCUT2D eigenvalue weighted by atomic mass is 19.1. The molecule has 0 aliphatic rings. The van der Waals surface area contributed by atoms with Gasteiger partial charge in [0.1, 0.15) is 12.7 Å². The highest BCUT2D eigenvalue weighted by molar-refractivity contribution is 6.07. The number of aromatic nitrogens is 3. The number of nitrogens with zero attached hydrogens (tertiary/aromatic N) is 3. The van der Waals surface area contributed by atoms with E-state index in [4.69, 9.17) is 4.74 Å². The number of benzene rings is 2. The molecule has 0 unspecified atom stereocenters. The first-order valence-electron chi connectivity index (χ1n) is 7.37. The standard InChI is InChI=1S/C17H15FN4O2/c1-2-24-16-12(6-5-7-13(16)18)17(23)21-14-8-3-4-9-15(14)22-11-19-10-20-22/h3-11H,2H2,1H3,(H,21,23). The molecule has 0 radical (unpaired) electrons. The molecule has 3 rings (SSSR count). The van der Waals surface area contributed by atoms with Crippen LogP contribution in [-0.4, -0.2) is 27.3 Å². The van der Waals surface area contributed by atoms with Crippen molar-refractivity contribution in [2.24, 2.45) is 0 Å². The van der Waals surface area contributed by atoms with Crippen LogP contribution < -0.4 is 10.1 Å². The minimum atomic E-state index is -0.575. The minimum Gasteiger partial charge on any atom is -0.490 e. The van der Waals surface area contributed by atoms with Crippen molar-refractivity contribution in [1.82, 2.24) is 14.8 Å². The molecule has 3 aromatic rings. The SMILES string of the molecule is CCOc1c(F)cccc1C(=O)Nc1ccccc1-n1cncn1. The zero-order valence-corrected chi connectivity index (χ0v) is 12.9. The number of amides is 1. The molecule has 6 nitrogen and oxygen atoms in total. The van der Waals surface area contributed by atoms with Crippen LogP contribution in [0.1, 0.15) is 17.3 Å². The molecule has 0 saturated heterocycles. The van der Waals surface area contributed by atoms with Crippen molar-refractivity contribution >= 4 is 11.6 Å². The molecule has 0 aliphatic heterocycles. The summed E-state index contributed by atoms with van der Waals surface area (Å²) in [5, 5.41) is 6.82. The van der Waals surface area contributed by atoms with E-state index >= 15 is 0 Å². The number of anilines is 1. The van der Waals surface area contributed by atoms with Crippen molar-refractivity contribution in [3.63, 3.8) is 0 Å². The Bertz CT molecular complexity index is 850. The van der Waals surface area contributed by atoms with Crippen LogP contribution in [0, 0.1) is 5.82 Å². The van der Waals surface area contributed by atoms with E-state index < -0.39 is 11.7 Å². The fourth-order valence-corrected chi connectivity index (χ4v) is 2.28. The topological polar surface area (TPSA) is 69.0 Å². The number of halogens is 1. The van der Waals surface area contributed by atoms with Crippen LogP contribution in [-0.2, 0) is 0 Å². The smallest absolute Gasteiger partial charge is 0.259 e. The first kappa shape index (κ1) is 15.7. The first-order chi connectivity index (χ1) is 11.7. The Morgan fingerprint density at radius 3 is 2.83 bits per heavy atom. The molecule has 7 heteroatoms. The van der Waals surface area contributed by atoms with Crippen molar-refractivity contribution in [2.45, 2.75) is 6.92 Å². The van der Waals surface area contributed by atoms with Gasteiger partial charge >= 0.3 is 0 Å². The van der Waals surface area contributed by atoms with Crippen LogP contribution in [0.15, 0.2) is 55.1 Å². The lowest BCUT2D eigenvalue weighted by atomic mass is 10.1. The number of rotatable bonds is 5. The second kappa shape index (κ2) is 6.91. The van der Waals surface area contributed by atoms with Gasteiger partial charge in [-0.05, 0) is 31.2 Å². The predicted molar refractivity (Wildman–Crippen MR) is 86.9 cm³/mol. The lowest BCUT2D eigenvalue weighted by Crippen LogP contribution is -2.16. The van der Waals surface area contributed by atoms with E-state index in [9.17, 15) is 9.18 Å². The zero-order chi connectivity index (χ0) is 16.9. The third kappa shape index (κ3) is 3.10. The van der Waals surface area contributed by atoms with Crippen LogP contribution in [0.2, 0.25) is 0 Å². The van der Waals surface area contributed by atoms with Crippen LogP contribution >= 0.6 is 0 Å². The van der Waals surface area contributed by atoms with Crippen LogP contribution in [0.4, 0.5) is 10.1 Å². The molecule has 2 aromatic carbocycles. The second-order valence-electron chi connectivity index (χ2n) is 4.86. The Morgan fingerprint density at radius 1 is 1.25 bits per heavy atom. The van der Waals surface area contributed by atoms with Crippen molar-refractivity contribution in [3.05, 3.63) is 66.5 Å². The third-order valence-electron chi connectivity index (χ3n) is 3.32. The van der Waals surface area contributed by atoms with Gasteiger partial charge in [-0.15, -0.1) is 0 Å². The zero-order valence-electron chi connectivity index (χ0n) is 12.9. The molecule has 1 amide bonds. The van der Waals surface area contributed by atoms with E-state index in [2.05, 4.69) is 15.4 Å². The number of carbonyl (C=O) groups is 1. The maximum Gasteiger partial charge on any atom is 0.259 e. The average molecular weight is 326 g/mol. The van der Waals surface area contributed by atoms with Crippen LogP contribution in [0.25, 0.3) is 5.69 Å². The van der Waals surface area contributed by atoms with Gasteiger partial charge in [0, 0.05) is 0 Å². The quantitative estimate of drug-likeness (QED) is 0.782. The molecule has 0 spiro atoms. The van der Waals surface area contributed by atoms with Crippen LogP contribution in [0.3, 0.4) is 0 Å². The fraction of sp³-hybridized carbons (Fsp3) is 0.118. The van der Waals surface area contributed by atoms with Gasteiger partial charge < -0.3 is 10.1 Å². The largest absolute Gasteiger partial charge is 0.490 e. The Hall–Kier alpha value is -3.22. The monoisotopic (exact) mass is 326 g/mol. The number of hydrogen-bond acceptors (Lipinski definition) is 4. The predicted octanol–water partition coefficient (Wildman–Crippen LogP) is 3.06. The average Bonchev–Trinajstić information content (AvgIpc) is 3.11. The van der Waals surface area contributed by atoms with E-state index in [0.717, 1.165) is 0 Å². The summed E-state index contributed by atoms with van der Waals surface area (Å²) in [5.74, 6) is -1.10. The van der Waals surface area contributed by atoms with E-state index in [1.54, 1.807) is 25.1 Å². The molecular formula is C17H15FN4O2. The van der Waals surface area contributed by atoms with Gasteiger partial charge in [-0.1, -0.05) is 18.2 Å². The number of carbonyl (C=O) groups excluding carboxylic acids is 1. The molecule has 0 saturated carbocycles. The lowest BCUT2D eigenvalue weighted by Gasteiger charge is -2.13. The number of hydrogen-bond donors (Lipinski definition) is 1. The Kier molecular flexibility index (Phi) is 4.51. The van der Waals surface area contributed by atoms with Crippen molar-refractivity contribution in [1.29, 1.82) is 0 Å². The van der Waals surface area contributed by atoms with Gasteiger partial charge in [-0.2, -0.15) is 5.10 Å². The van der Waals surface area contributed by atoms with Gasteiger partial charge in [-0.3, -0.25) is 4.79 Å². The minimum absolute atomic E-state index is 0.0595. The molecule has 0 bridgehead atoms. The van der Waals surface area contributed by atoms with Gasteiger partial charge in [0.2, 0.25) is 0 Å². The summed E-state index contributed by atoms with van der Waals surface area (Å²) in [6.07, 6.45) is 2.93. The Morgan fingerprint density at radius 2 is 2.08 bits per heavy atom. The van der Waals surface area contributed by atoms with Gasteiger partial charge in [-0.25, -0.2) is 14.1 Å². The Balaban J connectivity index is 1.93. The van der Waals surface area contributed by atoms with E-state index in [-0.39, 0.29) is 17.9 Å². The number of nitrogens with one attached hydrogen (secondary N) is 1. The maximum absolute atomic E-state index is 13.9. The van der Waals surface area contributed by atoms with Crippen molar-refractivity contribution < 1.29 is 13.9 Å². The summed E-state index contributed by atoms with van der Waals surface area (Å²) in [4.78, 5) is 16.5. The van der Waals surface area contributed by atoms with E-state index in [1.165, 1.54) is 35.5 Å². The fourth-order valence-electron chi connectivity index (χ4n) is 2.28. The summed E-state index contributed by atoms with van der Waals surface area (Å²) >= 11 is 0. The number of para-hydroxylation sites is 3. The molecule has 0 fully saturated rings. The third-order valence-corrected chi connectivity index (χ3v) is 3.32. The molecule has 1 aromatic heterocycles. The molecule has 1 N–H and O–H groups in total. The molecule has 24 heavy (non-hydrogen) atoms. The summed E-state index contributed by atoms with van der Waals surface area (Å²) in [6.45, 7) is 1.99. The second-order valence-corrected chi connectivity index (χ2v) is 4.86. The highest BCUT2D eigenvalue weighted by Gasteiger charge is 2.17. The molecule has 0 atom stereocenters. The van der Waals surface area contributed by atoms with Crippen molar-refractivity contribution in [2.75, 3.05) is 11.9 Å². The van der Waals surface area contributed by atoms with Crippen molar-refractivity contribution in [3.8, 4) is 11.4 Å². The molecule has 1 heterocycles. The van der Waals surface area contributed by atoms with Gasteiger partial charge in [0.25, 0.3) is 5.91 Å². The summed E-state index contributed by atoms with van der Waals surface area (Å²) in [7, 11) is 0.